The lowest BCUT2D eigenvalue weighted by Gasteiger charge is -2.06. The Kier molecular flexibility index (Phi) is 4.84. The van der Waals surface area contributed by atoms with E-state index in [1.54, 1.807) is 23.9 Å². The summed E-state index contributed by atoms with van der Waals surface area (Å²) < 4.78 is 10.9. The van der Waals surface area contributed by atoms with Gasteiger partial charge >= 0.3 is 0 Å². The largest absolute Gasteiger partial charge is 0.493 e. The molecule has 4 aromatic rings. The maximum Gasteiger partial charge on any atom is 0.133 e. The van der Waals surface area contributed by atoms with Gasteiger partial charge in [0.2, 0.25) is 0 Å². The first-order valence-electron chi connectivity index (χ1n) is 8.55. The van der Waals surface area contributed by atoms with Crippen LogP contribution < -0.4 is 10.1 Å². The van der Waals surface area contributed by atoms with Crippen LogP contribution >= 0.6 is 11.3 Å². The summed E-state index contributed by atoms with van der Waals surface area (Å²) >= 11 is 1.62. The molecular weight excluding hydrogens is 346 g/mol. The molecule has 0 amide bonds. The quantitative estimate of drug-likeness (QED) is 0.499. The molecule has 0 saturated heterocycles. The third-order valence-electron chi connectivity index (χ3n) is 4.04. The Morgan fingerprint density at radius 3 is 3.04 bits per heavy atom. The van der Waals surface area contributed by atoms with Crippen molar-refractivity contribution < 1.29 is 9.15 Å². The Bertz CT molecular complexity index is 1010. The van der Waals surface area contributed by atoms with E-state index >= 15 is 0 Å². The molecular formula is C20H19N3O2S. The SMILES string of the molecule is CCOc1csc(-c2cc(NCCc3ccc4occc4c3)ncn2)c1. The van der Waals surface area contributed by atoms with Crippen molar-refractivity contribution in [1.29, 1.82) is 0 Å². The van der Waals surface area contributed by atoms with E-state index < -0.39 is 0 Å². The third-order valence-corrected chi connectivity index (χ3v) is 4.97. The number of nitrogens with zero attached hydrogens (tertiary/aromatic N) is 2. The van der Waals surface area contributed by atoms with E-state index in [-0.39, 0.29) is 0 Å². The first-order chi connectivity index (χ1) is 12.8. The van der Waals surface area contributed by atoms with Crippen molar-refractivity contribution in [3.8, 4) is 16.3 Å². The molecule has 0 bridgehead atoms. The van der Waals surface area contributed by atoms with Crippen molar-refractivity contribution in [2.45, 2.75) is 13.3 Å². The molecule has 0 radical (unpaired) electrons. The summed E-state index contributed by atoms with van der Waals surface area (Å²) in [6, 6.07) is 12.2. The minimum atomic E-state index is 0.664. The van der Waals surface area contributed by atoms with Gasteiger partial charge in [-0.05, 0) is 37.1 Å². The summed E-state index contributed by atoms with van der Waals surface area (Å²) in [5.74, 6) is 1.71. The van der Waals surface area contributed by atoms with E-state index in [4.69, 9.17) is 9.15 Å². The molecule has 0 saturated carbocycles. The predicted molar refractivity (Wildman–Crippen MR) is 105 cm³/mol. The molecule has 1 aromatic carbocycles. The molecule has 3 aromatic heterocycles. The van der Waals surface area contributed by atoms with Gasteiger partial charge in [0.15, 0.2) is 0 Å². The molecule has 0 fully saturated rings. The first kappa shape index (κ1) is 16.6. The maximum absolute atomic E-state index is 5.52. The zero-order valence-corrected chi connectivity index (χ0v) is 15.3. The molecule has 0 spiro atoms. The van der Waals surface area contributed by atoms with E-state index in [1.165, 1.54) is 5.56 Å². The average Bonchev–Trinajstić information content (AvgIpc) is 3.31. The number of ether oxygens (including phenoxy) is 1. The average molecular weight is 365 g/mol. The number of aromatic nitrogens is 2. The van der Waals surface area contributed by atoms with Gasteiger partial charge in [-0.25, -0.2) is 9.97 Å². The minimum Gasteiger partial charge on any atom is -0.493 e. The number of hydrogen-bond donors (Lipinski definition) is 1. The van der Waals surface area contributed by atoms with Crippen molar-refractivity contribution in [3.05, 3.63) is 59.9 Å². The monoisotopic (exact) mass is 365 g/mol. The number of hydrogen-bond acceptors (Lipinski definition) is 6. The van der Waals surface area contributed by atoms with Crippen LogP contribution in [0.2, 0.25) is 0 Å². The van der Waals surface area contributed by atoms with Gasteiger partial charge in [-0.15, -0.1) is 11.3 Å². The van der Waals surface area contributed by atoms with E-state index in [1.807, 2.05) is 36.6 Å². The maximum atomic E-state index is 5.52. The highest BCUT2D eigenvalue weighted by Gasteiger charge is 2.06. The number of benzene rings is 1. The van der Waals surface area contributed by atoms with E-state index in [0.717, 1.165) is 46.1 Å². The first-order valence-corrected chi connectivity index (χ1v) is 9.43. The smallest absolute Gasteiger partial charge is 0.133 e. The number of thiophene rings is 1. The van der Waals surface area contributed by atoms with Crippen molar-refractivity contribution in [2.24, 2.45) is 0 Å². The second-order valence-corrected chi connectivity index (χ2v) is 6.75. The fourth-order valence-electron chi connectivity index (χ4n) is 2.79. The number of fused-ring (bicyclic) bond motifs is 1. The van der Waals surface area contributed by atoms with E-state index in [9.17, 15) is 0 Å². The second-order valence-electron chi connectivity index (χ2n) is 5.84. The molecule has 132 valence electrons. The lowest BCUT2D eigenvalue weighted by molar-refractivity contribution is 0.342. The predicted octanol–water partition coefficient (Wildman–Crippen LogP) is 5.00. The fraction of sp³-hybridized carbons (Fsp3) is 0.200. The second kappa shape index (κ2) is 7.58. The van der Waals surface area contributed by atoms with Crippen LogP contribution in [-0.2, 0) is 6.42 Å². The Hall–Kier alpha value is -2.86. The molecule has 5 nitrogen and oxygen atoms in total. The summed E-state index contributed by atoms with van der Waals surface area (Å²) in [7, 11) is 0. The van der Waals surface area contributed by atoms with E-state index in [2.05, 4.69) is 27.4 Å². The summed E-state index contributed by atoms with van der Waals surface area (Å²) in [5, 5.41) is 6.51. The third kappa shape index (κ3) is 3.70. The normalized spacial score (nSPS) is 11.0. The van der Waals surface area contributed by atoms with Gasteiger partial charge in [-0.3, -0.25) is 0 Å². The lowest BCUT2D eigenvalue weighted by atomic mass is 10.1. The van der Waals surface area contributed by atoms with Gasteiger partial charge in [-0.1, -0.05) is 6.07 Å². The van der Waals surface area contributed by atoms with Crippen LogP contribution in [0.5, 0.6) is 5.75 Å². The molecule has 1 N–H and O–H groups in total. The van der Waals surface area contributed by atoms with Crippen molar-refractivity contribution in [2.75, 3.05) is 18.5 Å². The van der Waals surface area contributed by atoms with Gasteiger partial charge in [0.1, 0.15) is 23.5 Å². The zero-order valence-electron chi connectivity index (χ0n) is 14.4. The topological polar surface area (TPSA) is 60.2 Å². The lowest BCUT2D eigenvalue weighted by Crippen LogP contribution is -2.06. The summed E-state index contributed by atoms with van der Waals surface area (Å²) in [4.78, 5) is 9.76. The van der Waals surface area contributed by atoms with Gasteiger partial charge in [0.05, 0.1) is 23.4 Å². The fourth-order valence-corrected chi connectivity index (χ4v) is 3.59. The van der Waals surface area contributed by atoms with Gasteiger partial charge in [0.25, 0.3) is 0 Å². The van der Waals surface area contributed by atoms with E-state index in [0.29, 0.717) is 6.61 Å². The van der Waals surface area contributed by atoms with Crippen LogP contribution in [0.15, 0.2) is 58.8 Å². The van der Waals surface area contributed by atoms with Crippen molar-refractivity contribution in [1.82, 2.24) is 9.97 Å². The molecule has 0 unspecified atom stereocenters. The Labute approximate surface area is 155 Å². The molecule has 4 rings (SSSR count). The van der Waals surface area contributed by atoms with Gasteiger partial charge in [-0.2, -0.15) is 0 Å². The van der Waals surface area contributed by atoms with Gasteiger partial charge in [0, 0.05) is 29.4 Å². The van der Waals surface area contributed by atoms with Crippen LogP contribution in [0.3, 0.4) is 0 Å². The Morgan fingerprint density at radius 1 is 1.15 bits per heavy atom. The summed E-state index contributed by atoms with van der Waals surface area (Å²) in [5.41, 5.74) is 3.09. The molecule has 0 atom stereocenters. The van der Waals surface area contributed by atoms with Crippen LogP contribution in [-0.4, -0.2) is 23.1 Å². The molecule has 6 heteroatoms. The number of furan rings is 1. The molecule has 0 aliphatic rings. The van der Waals surface area contributed by atoms with Gasteiger partial charge < -0.3 is 14.5 Å². The van der Waals surface area contributed by atoms with Crippen molar-refractivity contribution in [3.63, 3.8) is 0 Å². The van der Waals surface area contributed by atoms with Crippen LogP contribution in [0.25, 0.3) is 21.5 Å². The summed E-state index contributed by atoms with van der Waals surface area (Å²) in [6.07, 6.45) is 4.22. The van der Waals surface area contributed by atoms with Crippen LogP contribution in [0.1, 0.15) is 12.5 Å². The van der Waals surface area contributed by atoms with Crippen molar-refractivity contribution >= 4 is 28.1 Å². The highest BCUT2D eigenvalue weighted by molar-refractivity contribution is 7.13. The number of anilines is 1. The Morgan fingerprint density at radius 2 is 2.12 bits per heavy atom. The Balaban J connectivity index is 1.40. The van der Waals surface area contributed by atoms with Crippen LogP contribution in [0, 0.1) is 0 Å². The molecule has 0 aliphatic heterocycles. The summed E-state index contributed by atoms with van der Waals surface area (Å²) in [6.45, 7) is 3.44. The number of rotatable bonds is 7. The highest BCUT2D eigenvalue weighted by atomic mass is 32.1. The highest BCUT2D eigenvalue weighted by Crippen LogP contribution is 2.30. The minimum absolute atomic E-state index is 0.664. The number of nitrogens with one attached hydrogen (secondary N) is 1. The molecule has 26 heavy (non-hydrogen) atoms. The zero-order chi connectivity index (χ0) is 17.8. The van der Waals surface area contributed by atoms with Crippen LogP contribution in [0.4, 0.5) is 5.82 Å². The molecule has 0 aliphatic carbocycles. The molecule has 3 heterocycles. The standard InChI is InChI=1S/C20H19N3O2S/c1-2-24-16-10-19(26-12-16)17-11-20(23-13-22-17)21-7-5-14-3-4-18-15(9-14)6-8-25-18/h3-4,6,8-13H,2,5,7H2,1H3,(H,21,22,23).